The number of hydrogen-bond donors (Lipinski definition) is 2. The fraction of sp³-hybridized carbons (Fsp3) is 0.286. The van der Waals surface area contributed by atoms with E-state index in [4.69, 9.17) is 9.63 Å². The predicted molar refractivity (Wildman–Crippen MR) is 73.8 cm³/mol. The summed E-state index contributed by atoms with van der Waals surface area (Å²) >= 11 is 0. The quantitative estimate of drug-likeness (QED) is 0.836. The van der Waals surface area contributed by atoms with Crippen molar-refractivity contribution < 1.29 is 19.2 Å². The molecule has 1 heterocycles. The van der Waals surface area contributed by atoms with E-state index in [-0.39, 0.29) is 36.9 Å². The van der Waals surface area contributed by atoms with Gasteiger partial charge in [0.1, 0.15) is 0 Å². The highest BCUT2D eigenvalue weighted by Gasteiger charge is 2.12. The summed E-state index contributed by atoms with van der Waals surface area (Å²) < 4.78 is 4.88. The number of anilines is 1. The van der Waals surface area contributed by atoms with Crippen LogP contribution in [0.3, 0.4) is 0 Å². The molecule has 1 aromatic heterocycles. The number of carbonyl (C=O) groups is 2. The molecule has 0 aliphatic rings. The maximum Gasteiger partial charge on any atom is 0.303 e. The predicted octanol–water partition coefficient (Wildman–Crippen LogP) is 1.58. The molecule has 1 aromatic carbocycles. The molecular weight excluding hydrogens is 274 g/mol. The first kappa shape index (κ1) is 14.7. The van der Waals surface area contributed by atoms with E-state index in [0.717, 1.165) is 5.56 Å². The lowest BCUT2D eigenvalue weighted by molar-refractivity contribution is -0.137. The van der Waals surface area contributed by atoms with Gasteiger partial charge in [0.25, 0.3) is 0 Å². The third-order valence-electron chi connectivity index (χ3n) is 2.68. The van der Waals surface area contributed by atoms with E-state index in [1.54, 1.807) is 6.07 Å². The average molecular weight is 289 g/mol. The molecule has 0 unspecified atom stereocenters. The fourth-order valence-electron chi connectivity index (χ4n) is 1.75. The summed E-state index contributed by atoms with van der Waals surface area (Å²) in [5.74, 6) is -0.741. The van der Waals surface area contributed by atoms with Crippen molar-refractivity contribution in [3.63, 3.8) is 0 Å². The molecule has 0 fully saturated rings. The maximum absolute atomic E-state index is 11.8. The number of nitrogens with zero attached hydrogens (tertiary/aromatic N) is 2. The van der Waals surface area contributed by atoms with Gasteiger partial charge in [-0.05, 0) is 24.6 Å². The number of hydrogen-bond acceptors (Lipinski definition) is 5. The minimum absolute atomic E-state index is 0.0233. The summed E-state index contributed by atoms with van der Waals surface area (Å²) in [4.78, 5) is 26.3. The standard InChI is InChI=1S/C14H15N3O4/c1-9-3-2-4-10(7-9)15-12(18)8-11-16-13(21-17-11)5-6-14(19)20/h2-4,7H,5-6,8H2,1H3,(H,15,18)(H,19,20). The molecule has 0 aliphatic heterocycles. The number of aromatic nitrogens is 2. The Bertz CT molecular complexity index is 651. The van der Waals surface area contributed by atoms with Crippen LogP contribution in [0.5, 0.6) is 0 Å². The SMILES string of the molecule is Cc1cccc(NC(=O)Cc2noc(CCC(=O)O)n2)c1. The Hall–Kier alpha value is -2.70. The van der Waals surface area contributed by atoms with Gasteiger partial charge in [0.15, 0.2) is 5.82 Å². The molecule has 7 nitrogen and oxygen atoms in total. The van der Waals surface area contributed by atoms with Crippen LogP contribution in [0, 0.1) is 6.92 Å². The summed E-state index contributed by atoms with van der Waals surface area (Å²) in [5.41, 5.74) is 1.75. The number of aryl methyl sites for hydroxylation is 2. The number of nitrogens with one attached hydrogen (secondary N) is 1. The molecule has 2 rings (SSSR count). The van der Waals surface area contributed by atoms with Gasteiger partial charge in [-0.15, -0.1) is 0 Å². The number of rotatable bonds is 6. The Kier molecular flexibility index (Phi) is 4.65. The molecule has 21 heavy (non-hydrogen) atoms. The molecule has 2 N–H and O–H groups in total. The van der Waals surface area contributed by atoms with E-state index >= 15 is 0 Å². The van der Waals surface area contributed by atoms with Gasteiger partial charge in [-0.25, -0.2) is 0 Å². The smallest absolute Gasteiger partial charge is 0.303 e. The van der Waals surface area contributed by atoms with Crippen LogP contribution in [-0.4, -0.2) is 27.1 Å². The van der Waals surface area contributed by atoms with Crippen LogP contribution in [0.4, 0.5) is 5.69 Å². The Morgan fingerprint density at radius 1 is 1.38 bits per heavy atom. The van der Waals surface area contributed by atoms with E-state index in [0.29, 0.717) is 5.69 Å². The summed E-state index contributed by atoms with van der Waals surface area (Å²) in [6, 6.07) is 7.43. The third kappa shape index (κ3) is 4.72. The fourth-order valence-corrected chi connectivity index (χ4v) is 1.75. The van der Waals surface area contributed by atoms with Crippen molar-refractivity contribution in [2.24, 2.45) is 0 Å². The van der Waals surface area contributed by atoms with Gasteiger partial charge in [0.05, 0.1) is 12.8 Å². The Labute approximate surface area is 121 Å². The summed E-state index contributed by atoms with van der Waals surface area (Å²) in [5, 5.41) is 14.9. The highest BCUT2D eigenvalue weighted by Crippen LogP contribution is 2.10. The Balaban J connectivity index is 1.89. The van der Waals surface area contributed by atoms with Crippen molar-refractivity contribution in [3.8, 4) is 0 Å². The highest BCUT2D eigenvalue weighted by molar-refractivity contribution is 5.91. The third-order valence-corrected chi connectivity index (χ3v) is 2.68. The van der Waals surface area contributed by atoms with Crippen molar-refractivity contribution in [2.75, 3.05) is 5.32 Å². The van der Waals surface area contributed by atoms with Gasteiger partial charge in [-0.3, -0.25) is 9.59 Å². The molecule has 0 saturated heterocycles. The average Bonchev–Trinajstić information content (AvgIpc) is 2.83. The topological polar surface area (TPSA) is 105 Å². The van der Waals surface area contributed by atoms with E-state index in [1.165, 1.54) is 0 Å². The van der Waals surface area contributed by atoms with Crippen molar-refractivity contribution in [1.29, 1.82) is 0 Å². The second kappa shape index (κ2) is 6.65. The zero-order chi connectivity index (χ0) is 15.2. The molecule has 7 heteroatoms. The lowest BCUT2D eigenvalue weighted by Crippen LogP contribution is -2.15. The normalized spacial score (nSPS) is 10.3. The van der Waals surface area contributed by atoms with Gasteiger partial charge in [-0.1, -0.05) is 17.3 Å². The van der Waals surface area contributed by atoms with Gasteiger partial charge in [0.2, 0.25) is 11.8 Å². The molecule has 2 aromatic rings. The monoisotopic (exact) mass is 289 g/mol. The zero-order valence-corrected chi connectivity index (χ0v) is 11.5. The number of benzene rings is 1. The van der Waals surface area contributed by atoms with Crippen molar-refractivity contribution >= 4 is 17.6 Å². The molecule has 0 radical (unpaired) electrons. The Morgan fingerprint density at radius 2 is 2.19 bits per heavy atom. The van der Waals surface area contributed by atoms with E-state index in [2.05, 4.69) is 15.5 Å². The van der Waals surface area contributed by atoms with E-state index in [1.807, 2.05) is 25.1 Å². The lowest BCUT2D eigenvalue weighted by Gasteiger charge is -2.03. The van der Waals surface area contributed by atoms with Crippen molar-refractivity contribution in [1.82, 2.24) is 10.1 Å². The van der Waals surface area contributed by atoms with Gasteiger partial charge >= 0.3 is 5.97 Å². The van der Waals surface area contributed by atoms with Gasteiger partial charge in [0, 0.05) is 12.1 Å². The largest absolute Gasteiger partial charge is 0.481 e. The second-order valence-electron chi connectivity index (χ2n) is 4.59. The second-order valence-corrected chi connectivity index (χ2v) is 4.59. The first-order chi connectivity index (χ1) is 10.0. The summed E-state index contributed by atoms with van der Waals surface area (Å²) in [7, 11) is 0. The van der Waals surface area contributed by atoms with Crippen LogP contribution in [0.2, 0.25) is 0 Å². The number of carboxylic acid groups (broad SMARTS) is 1. The number of carbonyl (C=O) groups excluding carboxylic acids is 1. The molecule has 0 saturated carbocycles. The molecular formula is C14H15N3O4. The first-order valence-electron chi connectivity index (χ1n) is 6.42. The van der Waals surface area contributed by atoms with E-state index in [9.17, 15) is 9.59 Å². The molecule has 0 aliphatic carbocycles. The number of aliphatic carboxylic acids is 1. The zero-order valence-electron chi connectivity index (χ0n) is 11.5. The summed E-state index contributed by atoms with van der Waals surface area (Å²) in [6.07, 6.45) is 0.0451. The van der Waals surface area contributed by atoms with Crippen molar-refractivity contribution in [2.45, 2.75) is 26.2 Å². The van der Waals surface area contributed by atoms with Crippen LogP contribution in [0.15, 0.2) is 28.8 Å². The van der Waals surface area contributed by atoms with Crippen LogP contribution in [0.1, 0.15) is 23.7 Å². The Morgan fingerprint density at radius 3 is 2.90 bits per heavy atom. The molecule has 1 amide bonds. The minimum atomic E-state index is -0.938. The molecule has 0 spiro atoms. The van der Waals surface area contributed by atoms with Crippen LogP contribution >= 0.6 is 0 Å². The maximum atomic E-state index is 11.8. The van der Waals surface area contributed by atoms with Gasteiger partial charge < -0.3 is 14.9 Å². The van der Waals surface area contributed by atoms with Crippen molar-refractivity contribution in [3.05, 3.63) is 41.5 Å². The van der Waals surface area contributed by atoms with E-state index < -0.39 is 5.97 Å². The number of carboxylic acids is 1. The molecule has 0 bridgehead atoms. The first-order valence-corrected chi connectivity index (χ1v) is 6.42. The summed E-state index contributed by atoms with van der Waals surface area (Å²) in [6.45, 7) is 1.93. The van der Waals surface area contributed by atoms with Crippen LogP contribution in [0.25, 0.3) is 0 Å². The van der Waals surface area contributed by atoms with Crippen LogP contribution in [-0.2, 0) is 22.4 Å². The number of amides is 1. The molecule has 110 valence electrons. The lowest BCUT2D eigenvalue weighted by atomic mass is 10.2. The minimum Gasteiger partial charge on any atom is -0.481 e. The molecule has 0 atom stereocenters. The highest BCUT2D eigenvalue weighted by atomic mass is 16.5. The van der Waals surface area contributed by atoms with Crippen LogP contribution < -0.4 is 5.32 Å². The van der Waals surface area contributed by atoms with Gasteiger partial charge in [-0.2, -0.15) is 4.98 Å².